The molecule has 1 heteroatoms. The Labute approximate surface area is 90.7 Å². The Morgan fingerprint density at radius 1 is 1.00 bits per heavy atom. The highest BCUT2D eigenvalue weighted by Crippen LogP contribution is 2.30. The van der Waals surface area contributed by atoms with Crippen molar-refractivity contribution in [2.24, 2.45) is 17.3 Å². The van der Waals surface area contributed by atoms with Crippen LogP contribution in [0.5, 0.6) is 0 Å². The lowest BCUT2D eigenvalue weighted by molar-refractivity contribution is 0.195. The molecule has 0 bridgehead atoms. The maximum atomic E-state index is 3.56. The van der Waals surface area contributed by atoms with Gasteiger partial charge in [-0.05, 0) is 30.2 Å². The zero-order valence-corrected chi connectivity index (χ0v) is 11.1. The molecule has 14 heavy (non-hydrogen) atoms. The topological polar surface area (TPSA) is 12.0 Å². The lowest BCUT2D eigenvalue weighted by Crippen LogP contribution is -2.35. The molecule has 0 rings (SSSR count). The predicted molar refractivity (Wildman–Crippen MR) is 65.5 cm³/mol. The summed E-state index contributed by atoms with van der Waals surface area (Å²) < 4.78 is 0. The monoisotopic (exact) mass is 199 g/mol. The SMILES string of the molecule is CC(C)CC(CNC(C)C)C(C)(C)C. The summed E-state index contributed by atoms with van der Waals surface area (Å²) in [6.07, 6.45) is 1.32. The van der Waals surface area contributed by atoms with Crippen LogP contribution in [0.2, 0.25) is 0 Å². The highest BCUT2D eigenvalue weighted by atomic mass is 14.9. The van der Waals surface area contributed by atoms with Crippen molar-refractivity contribution in [3.63, 3.8) is 0 Å². The van der Waals surface area contributed by atoms with Crippen molar-refractivity contribution in [2.75, 3.05) is 6.54 Å². The van der Waals surface area contributed by atoms with Gasteiger partial charge in [-0.15, -0.1) is 0 Å². The zero-order chi connectivity index (χ0) is 11.4. The molecule has 0 radical (unpaired) electrons. The van der Waals surface area contributed by atoms with Crippen LogP contribution >= 0.6 is 0 Å². The second kappa shape index (κ2) is 5.75. The van der Waals surface area contributed by atoms with Crippen LogP contribution < -0.4 is 5.32 Å². The van der Waals surface area contributed by atoms with E-state index in [9.17, 15) is 0 Å². The average molecular weight is 199 g/mol. The third-order valence-electron chi connectivity index (χ3n) is 2.75. The van der Waals surface area contributed by atoms with Crippen molar-refractivity contribution >= 4 is 0 Å². The molecule has 0 amide bonds. The summed E-state index contributed by atoms with van der Waals surface area (Å²) in [7, 11) is 0. The van der Waals surface area contributed by atoms with Crippen LogP contribution in [0.3, 0.4) is 0 Å². The normalized spacial score (nSPS) is 15.2. The Bertz CT molecular complexity index is 142. The standard InChI is InChI=1S/C13H29N/c1-10(2)8-12(13(5,6)7)9-14-11(3)4/h10-12,14H,8-9H2,1-7H3. The molecule has 0 aromatic heterocycles. The van der Waals surface area contributed by atoms with E-state index in [-0.39, 0.29) is 0 Å². The molecule has 0 fully saturated rings. The van der Waals surface area contributed by atoms with Crippen molar-refractivity contribution in [3.8, 4) is 0 Å². The minimum atomic E-state index is 0.423. The highest BCUT2D eigenvalue weighted by Gasteiger charge is 2.24. The van der Waals surface area contributed by atoms with Gasteiger partial charge in [-0.1, -0.05) is 48.5 Å². The molecule has 0 saturated carbocycles. The Hall–Kier alpha value is -0.0400. The molecule has 1 N–H and O–H groups in total. The van der Waals surface area contributed by atoms with Gasteiger partial charge in [0.2, 0.25) is 0 Å². The summed E-state index contributed by atoms with van der Waals surface area (Å²) in [4.78, 5) is 0. The van der Waals surface area contributed by atoms with E-state index < -0.39 is 0 Å². The van der Waals surface area contributed by atoms with Crippen molar-refractivity contribution in [3.05, 3.63) is 0 Å². The molecular weight excluding hydrogens is 170 g/mol. The van der Waals surface area contributed by atoms with E-state index >= 15 is 0 Å². The van der Waals surface area contributed by atoms with Crippen LogP contribution in [-0.4, -0.2) is 12.6 Å². The lowest BCUT2D eigenvalue weighted by Gasteiger charge is -2.33. The van der Waals surface area contributed by atoms with Crippen LogP contribution in [0.1, 0.15) is 54.9 Å². The van der Waals surface area contributed by atoms with E-state index in [0.29, 0.717) is 11.5 Å². The predicted octanol–water partition coefficient (Wildman–Crippen LogP) is 3.69. The lowest BCUT2D eigenvalue weighted by atomic mass is 9.76. The van der Waals surface area contributed by atoms with Gasteiger partial charge in [0, 0.05) is 6.04 Å². The van der Waals surface area contributed by atoms with Crippen molar-refractivity contribution in [1.82, 2.24) is 5.32 Å². The molecule has 0 aromatic carbocycles. The van der Waals surface area contributed by atoms with Crippen molar-refractivity contribution in [1.29, 1.82) is 0 Å². The number of hydrogen-bond acceptors (Lipinski definition) is 1. The largest absolute Gasteiger partial charge is 0.314 e. The van der Waals surface area contributed by atoms with Gasteiger partial charge in [0.1, 0.15) is 0 Å². The van der Waals surface area contributed by atoms with Gasteiger partial charge in [0.05, 0.1) is 0 Å². The summed E-state index contributed by atoms with van der Waals surface area (Å²) in [5.41, 5.74) is 0.423. The summed E-state index contributed by atoms with van der Waals surface area (Å²) in [6.45, 7) is 17.3. The molecule has 0 aliphatic rings. The molecule has 0 aliphatic heterocycles. The highest BCUT2D eigenvalue weighted by molar-refractivity contribution is 4.77. The maximum Gasteiger partial charge on any atom is 0.00104 e. The summed E-state index contributed by atoms with van der Waals surface area (Å²) in [5, 5.41) is 3.56. The summed E-state index contributed by atoms with van der Waals surface area (Å²) in [6, 6.07) is 0.604. The summed E-state index contributed by atoms with van der Waals surface area (Å²) >= 11 is 0. The zero-order valence-electron chi connectivity index (χ0n) is 11.1. The van der Waals surface area contributed by atoms with Crippen molar-refractivity contribution < 1.29 is 0 Å². The van der Waals surface area contributed by atoms with E-state index in [1.165, 1.54) is 6.42 Å². The molecule has 1 nitrogen and oxygen atoms in total. The van der Waals surface area contributed by atoms with Gasteiger partial charge in [0.15, 0.2) is 0 Å². The Morgan fingerprint density at radius 2 is 1.50 bits per heavy atom. The molecule has 86 valence electrons. The Morgan fingerprint density at radius 3 is 1.79 bits per heavy atom. The molecular formula is C13H29N. The van der Waals surface area contributed by atoms with Crippen LogP contribution in [0.25, 0.3) is 0 Å². The van der Waals surface area contributed by atoms with Gasteiger partial charge < -0.3 is 5.32 Å². The number of hydrogen-bond donors (Lipinski definition) is 1. The fraction of sp³-hybridized carbons (Fsp3) is 1.00. The van der Waals surface area contributed by atoms with Crippen LogP contribution in [0.4, 0.5) is 0 Å². The van der Waals surface area contributed by atoms with E-state index in [2.05, 4.69) is 53.8 Å². The smallest absolute Gasteiger partial charge is 0.00104 e. The van der Waals surface area contributed by atoms with Gasteiger partial charge in [-0.3, -0.25) is 0 Å². The van der Waals surface area contributed by atoms with Gasteiger partial charge >= 0.3 is 0 Å². The maximum absolute atomic E-state index is 3.56. The van der Waals surface area contributed by atoms with Crippen molar-refractivity contribution in [2.45, 2.75) is 60.9 Å². The minimum absolute atomic E-state index is 0.423. The average Bonchev–Trinajstić information content (AvgIpc) is 1.94. The molecule has 1 atom stereocenters. The minimum Gasteiger partial charge on any atom is -0.314 e. The third kappa shape index (κ3) is 6.42. The quantitative estimate of drug-likeness (QED) is 0.712. The molecule has 0 aromatic rings. The van der Waals surface area contributed by atoms with Gasteiger partial charge in [-0.25, -0.2) is 0 Å². The third-order valence-corrected chi connectivity index (χ3v) is 2.75. The van der Waals surface area contributed by atoms with E-state index in [4.69, 9.17) is 0 Å². The first-order valence-corrected chi connectivity index (χ1v) is 5.97. The molecule has 0 heterocycles. The van der Waals surface area contributed by atoms with E-state index in [1.807, 2.05) is 0 Å². The molecule has 0 aliphatic carbocycles. The molecule has 1 unspecified atom stereocenters. The second-order valence-electron chi connectivity index (χ2n) is 6.26. The van der Waals surface area contributed by atoms with Gasteiger partial charge in [-0.2, -0.15) is 0 Å². The van der Waals surface area contributed by atoms with Crippen LogP contribution in [-0.2, 0) is 0 Å². The first kappa shape index (κ1) is 14.0. The fourth-order valence-electron chi connectivity index (χ4n) is 1.69. The molecule has 0 saturated heterocycles. The summed E-state index contributed by atoms with van der Waals surface area (Å²) in [5.74, 6) is 1.58. The Balaban J connectivity index is 4.12. The first-order chi connectivity index (χ1) is 6.23. The number of rotatable bonds is 5. The van der Waals surface area contributed by atoms with Crippen LogP contribution in [0.15, 0.2) is 0 Å². The van der Waals surface area contributed by atoms with E-state index in [0.717, 1.165) is 18.4 Å². The first-order valence-electron chi connectivity index (χ1n) is 5.97. The number of nitrogens with one attached hydrogen (secondary N) is 1. The van der Waals surface area contributed by atoms with Crippen LogP contribution in [0, 0.1) is 17.3 Å². The second-order valence-corrected chi connectivity index (χ2v) is 6.26. The van der Waals surface area contributed by atoms with E-state index in [1.54, 1.807) is 0 Å². The Kier molecular flexibility index (Phi) is 5.73. The molecule has 0 spiro atoms. The fourth-order valence-corrected chi connectivity index (χ4v) is 1.69. The van der Waals surface area contributed by atoms with Gasteiger partial charge in [0.25, 0.3) is 0 Å².